The number of allylic oxidation sites excluding steroid dienone is 5. The quantitative estimate of drug-likeness (QED) is 0.179. The fourth-order valence-corrected chi connectivity index (χ4v) is 7.55. The van der Waals surface area contributed by atoms with Gasteiger partial charge < -0.3 is 0 Å². The van der Waals surface area contributed by atoms with E-state index < -0.39 is 0 Å². The third kappa shape index (κ3) is 5.51. The molecule has 2 aliphatic carbocycles. The molecule has 0 bridgehead atoms. The van der Waals surface area contributed by atoms with Gasteiger partial charge in [0.05, 0.1) is 0 Å². The summed E-state index contributed by atoms with van der Waals surface area (Å²) in [5.74, 6) is 0.249. The highest BCUT2D eigenvalue weighted by molar-refractivity contribution is 5.85. The summed E-state index contributed by atoms with van der Waals surface area (Å²) in [6.07, 6.45) is 10.4. The topological polar surface area (TPSA) is 0 Å². The fourth-order valence-electron chi connectivity index (χ4n) is 7.55. The molecule has 0 N–H and O–H groups in total. The van der Waals surface area contributed by atoms with E-state index in [1.54, 1.807) is 0 Å². The summed E-state index contributed by atoms with van der Waals surface area (Å²) in [5, 5.41) is 0. The molecule has 0 radical (unpaired) electrons. The van der Waals surface area contributed by atoms with Crippen LogP contribution >= 0.6 is 0 Å². The van der Waals surface area contributed by atoms with E-state index >= 15 is 0 Å². The zero-order valence-electron chi connectivity index (χ0n) is 28.1. The van der Waals surface area contributed by atoms with E-state index in [0.29, 0.717) is 0 Å². The Bertz CT molecular complexity index is 1970. The first-order valence-electron chi connectivity index (χ1n) is 16.7. The van der Waals surface area contributed by atoms with Crippen molar-refractivity contribution in [1.29, 1.82) is 0 Å². The molecule has 0 heteroatoms. The smallest absolute Gasteiger partial charge is 0.0284 e. The number of rotatable bonds is 6. The van der Waals surface area contributed by atoms with Crippen LogP contribution in [0, 0.1) is 6.92 Å². The van der Waals surface area contributed by atoms with Gasteiger partial charge in [-0.1, -0.05) is 180 Å². The largest absolute Gasteiger partial charge is 0.0726 e. The highest BCUT2D eigenvalue weighted by atomic mass is 14.4. The second-order valence-electron chi connectivity index (χ2n) is 14.7. The monoisotopic (exact) mass is 596 g/mol. The van der Waals surface area contributed by atoms with Crippen LogP contribution in [0.1, 0.15) is 90.6 Å². The summed E-state index contributed by atoms with van der Waals surface area (Å²) in [6, 6.07) is 42.6. The van der Waals surface area contributed by atoms with E-state index in [1.165, 1.54) is 72.3 Å². The molecule has 7 rings (SSSR count). The standard InChI is InChI=1S/C46H44/c1-31-15-13-20-34(27-31)37-21-14-22-40(37)44-41-29-35-28-36(23-24-38(35)39(41)25-26-43(44)45(2,3)4)46(5,6)30-42(32-16-9-7-10-17-32)33-18-11-8-12-19-33/h7-28,30,40H,29H2,1-6H3. The minimum absolute atomic E-state index is 0.0382. The average molecular weight is 597 g/mol. The van der Waals surface area contributed by atoms with E-state index in [0.717, 1.165) is 6.42 Å². The van der Waals surface area contributed by atoms with Crippen molar-refractivity contribution in [2.45, 2.75) is 64.7 Å². The molecule has 0 fully saturated rings. The Hall–Kier alpha value is -4.68. The van der Waals surface area contributed by atoms with Crippen LogP contribution in [0.5, 0.6) is 0 Å². The lowest BCUT2D eigenvalue weighted by Crippen LogP contribution is -2.18. The maximum Gasteiger partial charge on any atom is 0.0284 e. The molecule has 0 spiro atoms. The van der Waals surface area contributed by atoms with Crippen molar-refractivity contribution in [2.24, 2.45) is 0 Å². The number of benzene rings is 5. The highest BCUT2D eigenvalue weighted by Gasteiger charge is 2.33. The zero-order chi connectivity index (χ0) is 32.1. The van der Waals surface area contributed by atoms with Crippen LogP contribution < -0.4 is 0 Å². The summed E-state index contributed by atoms with van der Waals surface area (Å²) < 4.78 is 0. The van der Waals surface area contributed by atoms with Gasteiger partial charge in [-0.25, -0.2) is 0 Å². The Kier molecular flexibility index (Phi) is 7.56. The Labute approximate surface area is 275 Å². The third-order valence-corrected chi connectivity index (χ3v) is 9.92. The van der Waals surface area contributed by atoms with Gasteiger partial charge in [-0.3, -0.25) is 0 Å². The van der Waals surface area contributed by atoms with E-state index in [2.05, 4.69) is 181 Å². The van der Waals surface area contributed by atoms with Crippen molar-refractivity contribution in [3.05, 3.63) is 190 Å². The summed E-state index contributed by atoms with van der Waals surface area (Å²) in [7, 11) is 0. The fraction of sp³-hybridized carbons (Fsp3) is 0.217. The van der Waals surface area contributed by atoms with E-state index in [-0.39, 0.29) is 16.7 Å². The van der Waals surface area contributed by atoms with Crippen molar-refractivity contribution in [3.8, 4) is 11.1 Å². The van der Waals surface area contributed by atoms with Crippen LogP contribution in [0.15, 0.2) is 140 Å². The van der Waals surface area contributed by atoms with Crippen LogP contribution in [-0.4, -0.2) is 0 Å². The van der Waals surface area contributed by atoms with Crippen LogP contribution in [0.4, 0.5) is 0 Å². The van der Waals surface area contributed by atoms with Gasteiger partial charge in [-0.2, -0.15) is 0 Å². The molecule has 0 saturated carbocycles. The minimum atomic E-state index is -0.167. The number of fused-ring (bicyclic) bond motifs is 3. The lowest BCUT2D eigenvalue weighted by atomic mass is 9.74. The van der Waals surface area contributed by atoms with Crippen molar-refractivity contribution in [3.63, 3.8) is 0 Å². The molecule has 0 nitrogen and oxygen atoms in total. The molecule has 0 aromatic heterocycles. The van der Waals surface area contributed by atoms with Crippen molar-refractivity contribution in [1.82, 2.24) is 0 Å². The van der Waals surface area contributed by atoms with Gasteiger partial charge in [0.15, 0.2) is 0 Å². The normalized spacial score (nSPS) is 15.3. The predicted molar refractivity (Wildman–Crippen MR) is 197 cm³/mol. The third-order valence-electron chi connectivity index (χ3n) is 9.92. The molecule has 2 aliphatic rings. The summed E-state index contributed by atoms with van der Waals surface area (Å²) in [5.41, 5.74) is 17.7. The number of aryl methyl sites for hydroxylation is 1. The molecule has 0 heterocycles. The molecule has 0 aliphatic heterocycles. The van der Waals surface area contributed by atoms with Crippen LogP contribution in [0.2, 0.25) is 0 Å². The maximum absolute atomic E-state index is 2.49. The Balaban J connectivity index is 1.31. The average Bonchev–Trinajstić information content (AvgIpc) is 3.68. The summed E-state index contributed by atoms with van der Waals surface area (Å²) in [4.78, 5) is 0. The van der Waals surface area contributed by atoms with Crippen LogP contribution in [-0.2, 0) is 17.3 Å². The zero-order valence-corrected chi connectivity index (χ0v) is 28.1. The molecule has 5 aromatic carbocycles. The predicted octanol–water partition coefficient (Wildman–Crippen LogP) is 12.0. The van der Waals surface area contributed by atoms with Crippen molar-refractivity contribution in [2.75, 3.05) is 0 Å². The van der Waals surface area contributed by atoms with Gasteiger partial charge in [0.1, 0.15) is 0 Å². The SMILES string of the molecule is Cc1cccc(C2=CC=CC2c2c(C(C)(C)C)ccc3c2Cc2cc(C(C)(C)C=C(c4ccccc4)c4ccccc4)ccc2-3)c1. The first-order chi connectivity index (χ1) is 22.1. The highest BCUT2D eigenvalue weighted by Crippen LogP contribution is 2.49. The molecule has 0 saturated heterocycles. The van der Waals surface area contributed by atoms with Gasteiger partial charge in [-0.15, -0.1) is 0 Å². The molecular formula is C46H44. The van der Waals surface area contributed by atoms with Gasteiger partial charge in [0, 0.05) is 11.3 Å². The molecule has 228 valence electrons. The number of hydrogen-bond donors (Lipinski definition) is 0. The van der Waals surface area contributed by atoms with E-state index in [1.807, 2.05) is 0 Å². The molecular weight excluding hydrogens is 553 g/mol. The van der Waals surface area contributed by atoms with Crippen LogP contribution in [0.25, 0.3) is 22.3 Å². The Morgan fingerprint density at radius 1 is 0.696 bits per heavy atom. The first-order valence-corrected chi connectivity index (χ1v) is 16.7. The second kappa shape index (κ2) is 11.6. The lowest BCUT2D eigenvalue weighted by Gasteiger charge is -2.29. The van der Waals surface area contributed by atoms with Crippen molar-refractivity contribution < 1.29 is 0 Å². The maximum atomic E-state index is 2.49. The molecule has 46 heavy (non-hydrogen) atoms. The molecule has 5 aromatic rings. The van der Waals surface area contributed by atoms with E-state index in [9.17, 15) is 0 Å². The molecule has 0 amide bonds. The minimum Gasteiger partial charge on any atom is -0.0726 e. The van der Waals surface area contributed by atoms with Gasteiger partial charge in [-0.05, 0) is 85.5 Å². The Morgan fingerprint density at radius 3 is 2.02 bits per heavy atom. The van der Waals surface area contributed by atoms with Gasteiger partial charge in [0.2, 0.25) is 0 Å². The summed E-state index contributed by atoms with van der Waals surface area (Å²) >= 11 is 0. The second-order valence-corrected chi connectivity index (χ2v) is 14.7. The first kappa shape index (κ1) is 30.0. The lowest BCUT2D eigenvalue weighted by molar-refractivity contribution is 0.582. The van der Waals surface area contributed by atoms with Crippen molar-refractivity contribution >= 4 is 11.1 Å². The van der Waals surface area contributed by atoms with E-state index in [4.69, 9.17) is 0 Å². The van der Waals surface area contributed by atoms with Crippen LogP contribution in [0.3, 0.4) is 0 Å². The molecule has 1 unspecified atom stereocenters. The van der Waals surface area contributed by atoms with Gasteiger partial charge in [0.25, 0.3) is 0 Å². The van der Waals surface area contributed by atoms with Gasteiger partial charge >= 0.3 is 0 Å². The summed E-state index contributed by atoms with van der Waals surface area (Å²) in [6.45, 7) is 14.0. The number of hydrogen-bond acceptors (Lipinski definition) is 0. The Morgan fingerprint density at radius 2 is 1.37 bits per heavy atom. The molecule has 1 atom stereocenters.